The molecule has 0 bridgehead atoms. The zero-order valence-corrected chi connectivity index (χ0v) is 15.7. The lowest BCUT2D eigenvalue weighted by molar-refractivity contribution is -0.115. The van der Waals surface area contributed by atoms with Crippen LogP contribution in [0.5, 0.6) is 0 Å². The number of rotatable bonds is 2. The molecule has 7 heteroatoms. The zero-order chi connectivity index (χ0) is 17.6. The van der Waals surface area contributed by atoms with Gasteiger partial charge in [-0.25, -0.2) is 4.98 Å². The fourth-order valence-electron chi connectivity index (χ4n) is 3.11. The van der Waals surface area contributed by atoms with Gasteiger partial charge >= 0.3 is 0 Å². The summed E-state index contributed by atoms with van der Waals surface area (Å²) in [4.78, 5) is 31.2. The van der Waals surface area contributed by atoms with Crippen molar-refractivity contribution in [3.05, 3.63) is 34.3 Å². The van der Waals surface area contributed by atoms with Gasteiger partial charge in [0.2, 0.25) is 5.91 Å². The van der Waals surface area contributed by atoms with Crippen LogP contribution in [0.15, 0.2) is 23.1 Å². The predicted molar refractivity (Wildman–Crippen MR) is 102 cm³/mol. The van der Waals surface area contributed by atoms with Crippen LogP contribution in [0.2, 0.25) is 0 Å². The Morgan fingerprint density at radius 2 is 2.20 bits per heavy atom. The highest BCUT2D eigenvalue weighted by atomic mass is 32.2. The molecule has 4 rings (SSSR count). The summed E-state index contributed by atoms with van der Waals surface area (Å²) in [5.41, 5.74) is 2.35. The molecule has 0 fully saturated rings. The van der Waals surface area contributed by atoms with Crippen molar-refractivity contribution in [2.24, 2.45) is 5.92 Å². The van der Waals surface area contributed by atoms with Crippen LogP contribution in [0.4, 0.5) is 10.8 Å². The standard InChI is InChI=1S/C18H19N3O2S2/c1-9-3-5-12-15(7-9)25-18(20-12)21-17(23)11-4-6-14-13(8-11)19-16(22)10(2)24-14/h4,6,8-10H,3,5,7H2,1-2H3,(H,19,22)(H,20,21,23). The second kappa shape index (κ2) is 6.46. The zero-order valence-electron chi connectivity index (χ0n) is 14.1. The smallest absolute Gasteiger partial charge is 0.257 e. The molecule has 2 aliphatic rings. The van der Waals surface area contributed by atoms with Crippen LogP contribution < -0.4 is 10.6 Å². The summed E-state index contributed by atoms with van der Waals surface area (Å²) in [6.45, 7) is 4.12. The highest BCUT2D eigenvalue weighted by molar-refractivity contribution is 8.00. The Labute approximate surface area is 154 Å². The van der Waals surface area contributed by atoms with E-state index >= 15 is 0 Å². The number of hydrogen-bond donors (Lipinski definition) is 2. The van der Waals surface area contributed by atoms with Gasteiger partial charge in [-0.05, 0) is 50.3 Å². The number of anilines is 2. The minimum atomic E-state index is -0.195. The maximum Gasteiger partial charge on any atom is 0.257 e. The van der Waals surface area contributed by atoms with Crippen molar-refractivity contribution >= 4 is 45.7 Å². The molecule has 0 radical (unpaired) electrons. The van der Waals surface area contributed by atoms with Crippen molar-refractivity contribution < 1.29 is 9.59 Å². The third-order valence-corrected chi connectivity index (χ3v) is 6.79. The lowest BCUT2D eigenvalue weighted by Gasteiger charge is -2.21. The maximum atomic E-state index is 12.6. The van der Waals surface area contributed by atoms with Crippen molar-refractivity contribution in [2.45, 2.75) is 43.3 Å². The van der Waals surface area contributed by atoms with Gasteiger partial charge in [-0.3, -0.25) is 14.9 Å². The fourth-order valence-corrected chi connectivity index (χ4v) is 5.21. The Morgan fingerprint density at radius 1 is 1.36 bits per heavy atom. The monoisotopic (exact) mass is 373 g/mol. The molecule has 25 heavy (non-hydrogen) atoms. The Bertz CT molecular complexity index is 862. The van der Waals surface area contributed by atoms with E-state index in [4.69, 9.17) is 0 Å². The van der Waals surface area contributed by atoms with Crippen LogP contribution >= 0.6 is 23.1 Å². The molecular weight excluding hydrogens is 354 g/mol. The number of amides is 2. The second-order valence-corrected chi connectivity index (χ2v) is 9.12. The molecule has 0 spiro atoms. The van der Waals surface area contributed by atoms with Gasteiger partial charge in [0.25, 0.3) is 5.91 Å². The highest BCUT2D eigenvalue weighted by Crippen LogP contribution is 2.36. The number of carbonyl (C=O) groups is 2. The van der Waals surface area contributed by atoms with Gasteiger partial charge in [0, 0.05) is 15.3 Å². The first-order valence-electron chi connectivity index (χ1n) is 8.41. The van der Waals surface area contributed by atoms with Gasteiger partial charge < -0.3 is 5.32 Å². The molecule has 5 nitrogen and oxygen atoms in total. The molecule has 2 heterocycles. The average Bonchev–Trinajstić information content (AvgIpc) is 2.96. The number of thioether (sulfide) groups is 1. The summed E-state index contributed by atoms with van der Waals surface area (Å²) in [7, 11) is 0. The molecule has 130 valence electrons. The molecule has 2 atom stereocenters. The summed E-state index contributed by atoms with van der Waals surface area (Å²) in [5, 5.41) is 6.31. The number of aryl methyl sites for hydroxylation is 1. The minimum Gasteiger partial charge on any atom is -0.324 e. The third-order valence-electron chi connectivity index (χ3n) is 4.58. The molecule has 1 aromatic carbocycles. The largest absolute Gasteiger partial charge is 0.324 e. The number of nitrogens with zero attached hydrogens (tertiary/aromatic N) is 1. The minimum absolute atomic E-state index is 0.0308. The van der Waals surface area contributed by atoms with Crippen LogP contribution in [0.25, 0.3) is 0 Å². The van der Waals surface area contributed by atoms with E-state index in [-0.39, 0.29) is 17.1 Å². The van der Waals surface area contributed by atoms with E-state index in [2.05, 4.69) is 22.5 Å². The quantitative estimate of drug-likeness (QED) is 0.836. The van der Waals surface area contributed by atoms with Crippen LogP contribution in [-0.2, 0) is 17.6 Å². The van der Waals surface area contributed by atoms with Crippen LogP contribution in [0, 0.1) is 5.92 Å². The molecule has 2 N–H and O–H groups in total. The Morgan fingerprint density at radius 3 is 3.04 bits per heavy atom. The fraction of sp³-hybridized carbons (Fsp3) is 0.389. The van der Waals surface area contributed by atoms with Crippen LogP contribution in [-0.4, -0.2) is 22.0 Å². The summed E-state index contributed by atoms with van der Waals surface area (Å²) in [6.07, 6.45) is 3.19. The summed E-state index contributed by atoms with van der Waals surface area (Å²) >= 11 is 3.08. The summed E-state index contributed by atoms with van der Waals surface area (Å²) < 4.78 is 0. The topological polar surface area (TPSA) is 71.1 Å². The molecule has 0 saturated heterocycles. The first-order valence-corrected chi connectivity index (χ1v) is 10.1. The van der Waals surface area contributed by atoms with Gasteiger partial charge in [-0.2, -0.15) is 0 Å². The van der Waals surface area contributed by atoms with E-state index in [0.717, 1.165) is 29.9 Å². The SMILES string of the molecule is CC1CCc2nc(NC(=O)c3ccc4c(c3)NC(=O)C(C)S4)sc2C1. The lowest BCUT2D eigenvalue weighted by Crippen LogP contribution is -2.26. The van der Waals surface area contributed by atoms with Crippen molar-refractivity contribution in [2.75, 3.05) is 10.6 Å². The van der Waals surface area contributed by atoms with Crippen LogP contribution in [0.3, 0.4) is 0 Å². The van der Waals surface area contributed by atoms with E-state index in [1.165, 1.54) is 16.6 Å². The molecule has 1 aromatic heterocycles. The molecule has 1 aliphatic heterocycles. The van der Waals surface area contributed by atoms with E-state index in [1.54, 1.807) is 23.5 Å². The first-order chi connectivity index (χ1) is 12.0. The normalized spacial score (nSPS) is 21.9. The van der Waals surface area contributed by atoms with Gasteiger partial charge in [0.15, 0.2) is 5.13 Å². The molecule has 1 aliphatic carbocycles. The van der Waals surface area contributed by atoms with E-state index in [9.17, 15) is 9.59 Å². The van der Waals surface area contributed by atoms with E-state index in [0.29, 0.717) is 22.3 Å². The Balaban J connectivity index is 1.52. The van der Waals surface area contributed by atoms with Crippen LogP contribution in [0.1, 0.15) is 41.2 Å². The Hall–Kier alpha value is -1.86. The average molecular weight is 374 g/mol. The Kier molecular flexibility index (Phi) is 4.29. The van der Waals surface area contributed by atoms with Gasteiger partial charge in [0.05, 0.1) is 16.6 Å². The van der Waals surface area contributed by atoms with Gasteiger partial charge in [-0.1, -0.05) is 6.92 Å². The van der Waals surface area contributed by atoms with E-state index in [1.807, 2.05) is 13.0 Å². The van der Waals surface area contributed by atoms with Crippen molar-refractivity contribution in [1.29, 1.82) is 0 Å². The maximum absolute atomic E-state index is 12.6. The molecule has 2 unspecified atom stereocenters. The van der Waals surface area contributed by atoms with Crippen molar-refractivity contribution in [3.63, 3.8) is 0 Å². The molecule has 2 aromatic rings. The number of thiazole rings is 1. The number of nitrogens with one attached hydrogen (secondary N) is 2. The number of carbonyl (C=O) groups excluding carboxylic acids is 2. The first kappa shape index (κ1) is 16.6. The summed E-state index contributed by atoms with van der Waals surface area (Å²) in [6, 6.07) is 5.41. The number of benzene rings is 1. The lowest BCUT2D eigenvalue weighted by atomic mass is 9.93. The van der Waals surface area contributed by atoms with Crippen molar-refractivity contribution in [3.8, 4) is 0 Å². The van der Waals surface area contributed by atoms with Gasteiger partial charge in [-0.15, -0.1) is 23.1 Å². The highest BCUT2D eigenvalue weighted by Gasteiger charge is 2.24. The van der Waals surface area contributed by atoms with Gasteiger partial charge in [0.1, 0.15) is 0 Å². The molecular formula is C18H19N3O2S2. The molecule has 0 saturated carbocycles. The van der Waals surface area contributed by atoms with Crippen molar-refractivity contribution in [1.82, 2.24) is 4.98 Å². The third kappa shape index (κ3) is 3.30. The number of fused-ring (bicyclic) bond motifs is 2. The number of aromatic nitrogens is 1. The predicted octanol–water partition coefficient (Wildman–Crippen LogP) is 3.95. The number of hydrogen-bond acceptors (Lipinski definition) is 5. The summed E-state index contributed by atoms with van der Waals surface area (Å²) in [5.74, 6) is 0.456. The van der Waals surface area contributed by atoms with E-state index < -0.39 is 0 Å². The molecule has 2 amide bonds. The second-order valence-electron chi connectivity index (χ2n) is 6.65.